The molecule has 33 heavy (non-hydrogen) atoms. The molecule has 2 aromatic carbocycles. The van der Waals surface area contributed by atoms with E-state index in [2.05, 4.69) is 0 Å². The van der Waals surface area contributed by atoms with Crippen molar-refractivity contribution in [3.8, 4) is 0 Å². The molecule has 1 N–H and O–H groups in total. The predicted octanol–water partition coefficient (Wildman–Crippen LogP) is 3.95. The number of hydrogen-bond acceptors (Lipinski definition) is 3. The third-order valence-electron chi connectivity index (χ3n) is 6.43. The molecule has 0 bridgehead atoms. The second-order valence-electron chi connectivity index (χ2n) is 8.23. The van der Waals surface area contributed by atoms with Crippen molar-refractivity contribution in [1.29, 1.82) is 0 Å². The Morgan fingerprint density at radius 3 is 2.39 bits per heavy atom. The van der Waals surface area contributed by atoms with Crippen LogP contribution in [-0.4, -0.2) is 47.9 Å². The van der Waals surface area contributed by atoms with Gasteiger partial charge in [0.05, 0.1) is 16.5 Å². The highest BCUT2D eigenvalue weighted by molar-refractivity contribution is 6.08. The van der Waals surface area contributed by atoms with E-state index >= 15 is 0 Å². The molecule has 2 amide bonds. The van der Waals surface area contributed by atoms with Gasteiger partial charge in [-0.3, -0.25) is 9.59 Å². The first-order chi connectivity index (χ1) is 15.5. The largest absolute Gasteiger partial charge is 0.478 e. The molecular formula is C24H21F3N2O4. The van der Waals surface area contributed by atoms with E-state index in [1.807, 2.05) is 0 Å². The molecule has 1 fully saturated rings. The summed E-state index contributed by atoms with van der Waals surface area (Å²) in [5.41, 5.74) is -0.475. The Morgan fingerprint density at radius 1 is 1.09 bits per heavy atom. The molecule has 1 spiro atoms. The maximum Gasteiger partial charge on any atom is 0.416 e. The number of halogens is 3. The number of hydrogen-bond donors (Lipinski definition) is 1. The Labute approximate surface area is 187 Å². The zero-order chi connectivity index (χ0) is 24.0. The number of benzene rings is 2. The van der Waals surface area contributed by atoms with Gasteiger partial charge in [0.1, 0.15) is 0 Å². The standard InChI is InChI=1S/C24H21F3N2O4/c1-28-19-8-6-16(21(31)32)14-18(19)23(22(28)33)10-12-29(13-11-23)20(30)9-7-15-4-2-3-5-17(15)24(25,26)27/h2-9,14H,10-13H2,1H3,(H,31,32). The van der Waals surface area contributed by atoms with E-state index in [-0.39, 0.29) is 30.1 Å². The molecule has 2 aromatic rings. The highest BCUT2D eigenvalue weighted by Gasteiger charge is 2.51. The monoisotopic (exact) mass is 458 g/mol. The molecule has 0 aromatic heterocycles. The normalized spacial score (nSPS) is 17.6. The Bertz CT molecular complexity index is 1160. The van der Waals surface area contributed by atoms with Crippen LogP contribution in [0.2, 0.25) is 0 Å². The topological polar surface area (TPSA) is 77.9 Å². The molecule has 0 radical (unpaired) electrons. The third-order valence-corrected chi connectivity index (χ3v) is 6.43. The van der Waals surface area contributed by atoms with Crippen molar-refractivity contribution >= 4 is 29.5 Å². The van der Waals surface area contributed by atoms with Crippen LogP contribution >= 0.6 is 0 Å². The lowest BCUT2D eigenvalue weighted by Crippen LogP contribution is -2.49. The summed E-state index contributed by atoms with van der Waals surface area (Å²) in [7, 11) is 1.63. The Morgan fingerprint density at radius 2 is 1.76 bits per heavy atom. The zero-order valence-corrected chi connectivity index (χ0v) is 17.7. The van der Waals surface area contributed by atoms with E-state index in [1.165, 1.54) is 40.1 Å². The molecular weight excluding hydrogens is 437 g/mol. The minimum atomic E-state index is -4.53. The molecule has 0 saturated carbocycles. The first kappa shape index (κ1) is 22.6. The molecule has 6 nitrogen and oxygen atoms in total. The Balaban J connectivity index is 1.53. The zero-order valence-electron chi connectivity index (χ0n) is 17.7. The third kappa shape index (κ3) is 3.88. The average Bonchev–Trinajstić information content (AvgIpc) is 2.99. The molecule has 172 valence electrons. The smallest absolute Gasteiger partial charge is 0.416 e. The maximum atomic E-state index is 13.2. The maximum absolute atomic E-state index is 13.2. The number of fused-ring (bicyclic) bond motifs is 2. The van der Waals surface area contributed by atoms with Crippen molar-refractivity contribution in [2.75, 3.05) is 25.0 Å². The van der Waals surface area contributed by atoms with Crippen molar-refractivity contribution in [3.05, 3.63) is 70.8 Å². The van der Waals surface area contributed by atoms with Gasteiger partial charge < -0.3 is 14.9 Å². The molecule has 0 aliphatic carbocycles. The van der Waals surface area contributed by atoms with Gasteiger partial charge in [-0.25, -0.2) is 4.79 Å². The van der Waals surface area contributed by atoms with Gasteiger partial charge in [-0.2, -0.15) is 13.2 Å². The average molecular weight is 458 g/mol. The molecule has 0 unspecified atom stereocenters. The number of piperidine rings is 1. The summed E-state index contributed by atoms with van der Waals surface area (Å²) in [5, 5.41) is 9.34. The van der Waals surface area contributed by atoms with E-state index in [4.69, 9.17) is 0 Å². The van der Waals surface area contributed by atoms with Gasteiger partial charge >= 0.3 is 12.1 Å². The quantitative estimate of drug-likeness (QED) is 0.707. The van der Waals surface area contributed by atoms with Crippen LogP contribution < -0.4 is 4.90 Å². The summed E-state index contributed by atoms with van der Waals surface area (Å²) in [5.74, 6) is -1.69. The Hall–Kier alpha value is -3.62. The number of alkyl halides is 3. The second kappa shape index (κ2) is 8.06. The van der Waals surface area contributed by atoms with Gasteiger partial charge in [0.15, 0.2) is 0 Å². The number of carboxylic acid groups (broad SMARTS) is 1. The number of likely N-dealkylation sites (N-methyl/N-ethyl adjacent to an activating group) is 1. The van der Waals surface area contributed by atoms with Gasteiger partial charge in [0, 0.05) is 31.9 Å². The number of carbonyl (C=O) groups is 3. The lowest BCUT2D eigenvalue weighted by atomic mass is 9.73. The highest BCUT2D eigenvalue weighted by Crippen LogP contribution is 2.47. The lowest BCUT2D eigenvalue weighted by molar-refractivity contribution is -0.137. The van der Waals surface area contributed by atoms with Crippen LogP contribution in [-0.2, 0) is 21.2 Å². The fraction of sp³-hybridized carbons (Fsp3) is 0.292. The van der Waals surface area contributed by atoms with Crippen molar-refractivity contribution in [1.82, 2.24) is 4.90 Å². The van der Waals surface area contributed by atoms with Crippen LogP contribution in [0.5, 0.6) is 0 Å². The SMILES string of the molecule is CN1C(=O)C2(CCN(C(=O)C=Cc3ccccc3C(F)(F)F)CC2)c2cc(C(=O)O)ccc21. The minimum absolute atomic E-state index is 0.0843. The molecule has 0 atom stereocenters. The fourth-order valence-corrected chi connectivity index (χ4v) is 4.65. The van der Waals surface area contributed by atoms with Crippen LogP contribution in [0.3, 0.4) is 0 Å². The second-order valence-corrected chi connectivity index (χ2v) is 8.23. The predicted molar refractivity (Wildman–Crippen MR) is 115 cm³/mol. The number of nitrogens with zero attached hydrogens (tertiary/aromatic N) is 2. The van der Waals surface area contributed by atoms with Gasteiger partial charge in [-0.1, -0.05) is 18.2 Å². The van der Waals surface area contributed by atoms with Gasteiger partial charge in [-0.15, -0.1) is 0 Å². The number of carbonyl (C=O) groups excluding carboxylic acids is 2. The van der Waals surface area contributed by atoms with E-state index in [0.717, 1.165) is 18.2 Å². The summed E-state index contributed by atoms with van der Waals surface area (Å²) in [4.78, 5) is 40.2. The number of aromatic carboxylic acids is 1. The summed E-state index contributed by atoms with van der Waals surface area (Å²) in [6.45, 7) is 0.445. The summed E-state index contributed by atoms with van der Waals surface area (Å²) < 4.78 is 39.5. The Kier molecular flexibility index (Phi) is 5.51. The van der Waals surface area contributed by atoms with Crippen LogP contribution in [0.4, 0.5) is 18.9 Å². The lowest BCUT2D eigenvalue weighted by Gasteiger charge is -2.38. The van der Waals surface area contributed by atoms with E-state index in [0.29, 0.717) is 24.1 Å². The van der Waals surface area contributed by atoms with Crippen LogP contribution in [0.15, 0.2) is 48.5 Å². The molecule has 4 rings (SSSR count). The van der Waals surface area contributed by atoms with Gasteiger partial charge in [-0.05, 0) is 54.3 Å². The van der Waals surface area contributed by atoms with E-state index < -0.39 is 29.0 Å². The highest BCUT2D eigenvalue weighted by atomic mass is 19.4. The van der Waals surface area contributed by atoms with Crippen molar-refractivity contribution in [2.24, 2.45) is 0 Å². The minimum Gasteiger partial charge on any atom is -0.478 e. The number of anilines is 1. The van der Waals surface area contributed by atoms with Crippen molar-refractivity contribution < 1.29 is 32.7 Å². The molecule has 1 saturated heterocycles. The van der Waals surface area contributed by atoms with E-state index in [9.17, 15) is 32.7 Å². The first-order valence-electron chi connectivity index (χ1n) is 10.3. The van der Waals surface area contributed by atoms with Crippen LogP contribution in [0.25, 0.3) is 6.08 Å². The molecule has 2 heterocycles. The van der Waals surface area contributed by atoms with Gasteiger partial charge in [0.25, 0.3) is 0 Å². The molecule has 2 aliphatic rings. The van der Waals surface area contributed by atoms with E-state index in [1.54, 1.807) is 13.1 Å². The van der Waals surface area contributed by atoms with Crippen molar-refractivity contribution in [3.63, 3.8) is 0 Å². The number of carboxylic acids is 1. The first-order valence-corrected chi connectivity index (χ1v) is 10.3. The molecule has 9 heteroatoms. The van der Waals surface area contributed by atoms with Crippen LogP contribution in [0, 0.1) is 0 Å². The fourth-order valence-electron chi connectivity index (χ4n) is 4.65. The van der Waals surface area contributed by atoms with Crippen LogP contribution in [0.1, 0.15) is 39.9 Å². The number of amides is 2. The summed E-state index contributed by atoms with van der Waals surface area (Å²) in [6, 6.07) is 9.59. The van der Waals surface area contributed by atoms with Gasteiger partial charge in [0.2, 0.25) is 11.8 Å². The summed E-state index contributed by atoms with van der Waals surface area (Å²) >= 11 is 0. The van der Waals surface area contributed by atoms with Crippen molar-refractivity contribution in [2.45, 2.75) is 24.4 Å². The molecule has 2 aliphatic heterocycles. The summed E-state index contributed by atoms with van der Waals surface area (Å²) in [6.07, 6.45) is -1.67. The number of likely N-dealkylation sites (tertiary alicyclic amines) is 1. The number of rotatable bonds is 3.